The SMILES string of the molecule is CC(C)(C)NS(=O)(=O)c1ccc(NC(=O)[C@H](CC2CCN(C#N)CC2)NC(=O)c2ccc(F)cc2)cc1. The predicted molar refractivity (Wildman–Crippen MR) is 137 cm³/mol. The van der Waals surface area contributed by atoms with Crippen molar-refractivity contribution in [3.05, 3.63) is 59.9 Å². The molecule has 0 radical (unpaired) electrons. The van der Waals surface area contributed by atoms with Crippen molar-refractivity contribution in [1.29, 1.82) is 5.26 Å². The van der Waals surface area contributed by atoms with Gasteiger partial charge in [-0.25, -0.2) is 17.5 Å². The van der Waals surface area contributed by atoms with Crippen LogP contribution in [-0.2, 0) is 14.8 Å². The first-order chi connectivity index (χ1) is 17.4. The highest BCUT2D eigenvalue weighted by Crippen LogP contribution is 2.23. The molecule has 37 heavy (non-hydrogen) atoms. The average Bonchev–Trinajstić information content (AvgIpc) is 2.83. The number of carbonyl (C=O) groups excluding carboxylic acids is 2. The van der Waals surface area contributed by atoms with Crippen molar-refractivity contribution >= 4 is 27.5 Å². The molecule has 1 aliphatic heterocycles. The number of benzene rings is 2. The van der Waals surface area contributed by atoms with Crippen LogP contribution in [-0.4, -0.2) is 49.8 Å². The lowest BCUT2D eigenvalue weighted by atomic mass is 9.90. The van der Waals surface area contributed by atoms with E-state index in [9.17, 15) is 22.4 Å². The van der Waals surface area contributed by atoms with Gasteiger partial charge in [0.25, 0.3) is 5.91 Å². The largest absolute Gasteiger partial charge is 0.340 e. The van der Waals surface area contributed by atoms with Crippen molar-refractivity contribution in [3.8, 4) is 6.19 Å². The van der Waals surface area contributed by atoms with E-state index in [1.165, 1.54) is 48.5 Å². The highest BCUT2D eigenvalue weighted by molar-refractivity contribution is 7.89. The molecule has 9 nitrogen and oxygen atoms in total. The number of nitrogens with one attached hydrogen (secondary N) is 3. The Morgan fingerprint density at radius 3 is 2.22 bits per heavy atom. The molecular formula is C26H32FN5O4S. The Labute approximate surface area is 217 Å². The van der Waals surface area contributed by atoms with E-state index in [1.54, 1.807) is 25.7 Å². The predicted octanol–water partition coefficient (Wildman–Crippen LogP) is 3.22. The van der Waals surface area contributed by atoms with Crippen LogP contribution in [0.1, 0.15) is 50.4 Å². The van der Waals surface area contributed by atoms with Crippen LogP contribution in [0.3, 0.4) is 0 Å². The summed E-state index contributed by atoms with van der Waals surface area (Å²) in [4.78, 5) is 27.7. The number of piperidine rings is 1. The van der Waals surface area contributed by atoms with Gasteiger partial charge in [-0.2, -0.15) is 5.26 Å². The van der Waals surface area contributed by atoms with Crippen molar-refractivity contribution in [2.45, 2.75) is 56.5 Å². The Balaban J connectivity index is 1.73. The minimum Gasteiger partial charge on any atom is -0.340 e. The van der Waals surface area contributed by atoms with Gasteiger partial charge in [0.1, 0.15) is 11.9 Å². The second-order valence-corrected chi connectivity index (χ2v) is 11.9. The first kappa shape index (κ1) is 28.1. The molecule has 0 aliphatic carbocycles. The summed E-state index contributed by atoms with van der Waals surface area (Å²) in [5.74, 6) is -1.32. The quantitative estimate of drug-likeness (QED) is 0.450. The summed E-state index contributed by atoms with van der Waals surface area (Å²) in [5.41, 5.74) is -0.0510. The van der Waals surface area contributed by atoms with Crippen molar-refractivity contribution in [2.75, 3.05) is 18.4 Å². The zero-order valence-corrected chi connectivity index (χ0v) is 21.9. The first-order valence-corrected chi connectivity index (χ1v) is 13.5. The monoisotopic (exact) mass is 529 g/mol. The van der Waals surface area contributed by atoms with Gasteiger partial charge < -0.3 is 15.5 Å². The second-order valence-electron chi connectivity index (χ2n) is 10.2. The number of likely N-dealkylation sites (tertiary alicyclic amines) is 1. The number of halogens is 1. The third-order valence-electron chi connectivity index (χ3n) is 5.93. The number of nitriles is 1. The molecule has 1 fully saturated rings. The van der Waals surface area contributed by atoms with Gasteiger partial charge in [-0.3, -0.25) is 9.59 Å². The molecule has 0 spiro atoms. The van der Waals surface area contributed by atoms with Crippen LogP contribution in [0.5, 0.6) is 0 Å². The van der Waals surface area contributed by atoms with Gasteiger partial charge in [0.05, 0.1) is 4.90 Å². The van der Waals surface area contributed by atoms with E-state index in [2.05, 4.69) is 21.5 Å². The number of carbonyl (C=O) groups is 2. The van der Waals surface area contributed by atoms with E-state index in [0.29, 0.717) is 38.0 Å². The summed E-state index contributed by atoms with van der Waals surface area (Å²) in [6.07, 6.45) is 3.90. The molecule has 198 valence electrons. The first-order valence-electron chi connectivity index (χ1n) is 12.0. The van der Waals surface area contributed by atoms with Crippen molar-refractivity contribution in [2.24, 2.45) is 5.92 Å². The lowest BCUT2D eigenvalue weighted by Crippen LogP contribution is -2.46. The number of nitrogens with zero attached hydrogens (tertiary/aromatic N) is 2. The molecule has 3 rings (SSSR count). The lowest BCUT2D eigenvalue weighted by Gasteiger charge is -2.30. The maximum absolute atomic E-state index is 13.3. The summed E-state index contributed by atoms with van der Waals surface area (Å²) in [6.45, 7) is 6.39. The van der Waals surface area contributed by atoms with Gasteiger partial charge in [0, 0.05) is 29.9 Å². The molecule has 1 aliphatic rings. The Hall–Kier alpha value is -3.49. The van der Waals surface area contributed by atoms with Gasteiger partial charge in [0.15, 0.2) is 6.19 Å². The molecule has 1 atom stereocenters. The Morgan fingerprint density at radius 1 is 1.08 bits per heavy atom. The normalized spacial score (nSPS) is 15.5. The molecule has 1 saturated heterocycles. The minimum atomic E-state index is -3.73. The maximum Gasteiger partial charge on any atom is 0.251 e. The third kappa shape index (κ3) is 8.27. The summed E-state index contributed by atoms with van der Waals surface area (Å²) in [7, 11) is -3.73. The number of rotatable bonds is 8. The molecule has 0 saturated carbocycles. The van der Waals surface area contributed by atoms with Gasteiger partial charge in [-0.1, -0.05) is 0 Å². The van der Waals surface area contributed by atoms with E-state index in [1.807, 2.05) is 0 Å². The molecule has 3 N–H and O–H groups in total. The zero-order valence-electron chi connectivity index (χ0n) is 21.1. The topological polar surface area (TPSA) is 131 Å². The number of hydrogen-bond acceptors (Lipinski definition) is 6. The van der Waals surface area contributed by atoms with Gasteiger partial charge in [-0.15, -0.1) is 0 Å². The molecule has 2 aromatic carbocycles. The van der Waals surface area contributed by atoms with E-state index < -0.39 is 39.2 Å². The summed E-state index contributed by atoms with van der Waals surface area (Å²) in [5, 5.41) is 14.6. The van der Waals surface area contributed by atoms with Crippen LogP contribution < -0.4 is 15.4 Å². The number of anilines is 1. The molecule has 0 unspecified atom stereocenters. The molecule has 2 amide bonds. The maximum atomic E-state index is 13.3. The van der Waals surface area contributed by atoms with E-state index in [0.717, 1.165) is 0 Å². The average molecular weight is 530 g/mol. The zero-order chi connectivity index (χ0) is 27.2. The van der Waals surface area contributed by atoms with Gasteiger partial charge in [0.2, 0.25) is 15.9 Å². The summed E-state index contributed by atoms with van der Waals surface area (Å²) in [6, 6.07) is 9.91. The lowest BCUT2D eigenvalue weighted by molar-refractivity contribution is -0.118. The third-order valence-corrected chi connectivity index (χ3v) is 7.70. The van der Waals surface area contributed by atoms with Crippen LogP contribution >= 0.6 is 0 Å². The molecule has 11 heteroatoms. The van der Waals surface area contributed by atoms with Crippen molar-refractivity contribution in [3.63, 3.8) is 0 Å². The Morgan fingerprint density at radius 2 is 1.68 bits per heavy atom. The summed E-state index contributed by atoms with van der Waals surface area (Å²) < 4.78 is 40.9. The van der Waals surface area contributed by atoms with Crippen LogP contribution in [0, 0.1) is 23.2 Å². The van der Waals surface area contributed by atoms with E-state index in [-0.39, 0.29) is 16.4 Å². The number of sulfonamides is 1. The molecule has 0 aromatic heterocycles. The number of hydrogen-bond donors (Lipinski definition) is 3. The summed E-state index contributed by atoms with van der Waals surface area (Å²) >= 11 is 0. The highest BCUT2D eigenvalue weighted by atomic mass is 32.2. The van der Waals surface area contributed by atoms with Crippen LogP contribution in [0.25, 0.3) is 0 Å². The minimum absolute atomic E-state index is 0.0610. The van der Waals surface area contributed by atoms with Gasteiger partial charge >= 0.3 is 0 Å². The van der Waals surface area contributed by atoms with E-state index in [4.69, 9.17) is 5.26 Å². The fraction of sp³-hybridized carbons (Fsp3) is 0.423. The highest BCUT2D eigenvalue weighted by Gasteiger charge is 2.28. The second kappa shape index (κ2) is 11.7. The van der Waals surface area contributed by atoms with Crippen LogP contribution in [0.15, 0.2) is 53.4 Å². The smallest absolute Gasteiger partial charge is 0.251 e. The number of amides is 2. The fourth-order valence-electron chi connectivity index (χ4n) is 4.09. The van der Waals surface area contributed by atoms with Crippen molar-refractivity contribution in [1.82, 2.24) is 14.9 Å². The molecule has 2 aromatic rings. The molecule has 0 bridgehead atoms. The van der Waals surface area contributed by atoms with Crippen LogP contribution in [0.2, 0.25) is 0 Å². The van der Waals surface area contributed by atoms with E-state index >= 15 is 0 Å². The van der Waals surface area contributed by atoms with Crippen molar-refractivity contribution < 1.29 is 22.4 Å². The fourth-order valence-corrected chi connectivity index (χ4v) is 5.50. The Kier molecular flexibility index (Phi) is 8.89. The standard InChI is InChI=1S/C26H32FN5O4S/c1-26(2,3)31-37(35,36)22-10-8-21(9-11-22)29-25(34)23(16-18-12-14-32(17-28)15-13-18)30-24(33)19-4-6-20(27)7-5-19/h4-11,18,23,31H,12-16H2,1-3H3,(H,29,34)(H,30,33)/t23-/m0/s1. The van der Waals surface area contributed by atoms with Gasteiger partial charge in [-0.05, 0) is 94.5 Å². The molecular weight excluding hydrogens is 497 g/mol. The van der Waals surface area contributed by atoms with Crippen LogP contribution in [0.4, 0.5) is 10.1 Å². The Bertz CT molecular complexity index is 1240. The molecule has 1 heterocycles.